The number of nitrogens with zero attached hydrogens (tertiary/aromatic N) is 3. The average molecular weight is 383 g/mol. The first-order valence-electron chi connectivity index (χ1n) is 8.93. The highest BCUT2D eigenvalue weighted by atomic mass is 19.4. The molecule has 2 aromatic heterocycles. The Bertz CT molecular complexity index is 1190. The zero-order valence-corrected chi connectivity index (χ0v) is 15.8. The van der Waals surface area contributed by atoms with Crippen molar-refractivity contribution in [2.24, 2.45) is 7.05 Å². The van der Waals surface area contributed by atoms with Crippen LogP contribution in [-0.4, -0.2) is 4.68 Å². The van der Waals surface area contributed by atoms with E-state index in [9.17, 15) is 13.2 Å². The minimum Gasteiger partial charge on any atom is -0.166 e. The van der Waals surface area contributed by atoms with E-state index in [0.29, 0.717) is 11.4 Å². The van der Waals surface area contributed by atoms with Gasteiger partial charge in [-0.15, -0.1) is 9.36 Å². The van der Waals surface area contributed by atoms with Gasteiger partial charge in [-0.2, -0.15) is 17.7 Å². The monoisotopic (exact) mass is 383 g/mol. The Balaban J connectivity index is 2.11. The van der Waals surface area contributed by atoms with Crippen molar-refractivity contribution >= 4 is 10.9 Å². The molecule has 0 aliphatic rings. The van der Waals surface area contributed by atoms with Crippen molar-refractivity contribution in [3.63, 3.8) is 0 Å². The molecule has 28 heavy (non-hydrogen) atoms. The number of pyridine rings is 1. The maximum Gasteiger partial charge on any atom is 0.416 e. The number of rotatable bonds is 2. The van der Waals surface area contributed by atoms with E-state index in [1.807, 2.05) is 54.8 Å². The Hall–Kier alpha value is -3.15. The first kappa shape index (κ1) is 18.2. The molecule has 142 valence electrons. The van der Waals surface area contributed by atoms with Crippen molar-refractivity contribution in [3.05, 3.63) is 83.8 Å². The van der Waals surface area contributed by atoms with Crippen LogP contribution >= 0.6 is 0 Å². The second-order valence-electron chi connectivity index (χ2n) is 6.92. The van der Waals surface area contributed by atoms with E-state index in [-0.39, 0.29) is 0 Å². The van der Waals surface area contributed by atoms with Crippen LogP contribution in [0.3, 0.4) is 0 Å². The number of halogens is 3. The van der Waals surface area contributed by atoms with Gasteiger partial charge >= 0.3 is 6.18 Å². The highest BCUT2D eigenvalue weighted by Gasteiger charge is 2.35. The number of fused-ring (bicyclic) bond motifs is 1. The molecule has 2 aromatic carbocycles. The summed E-state index contributed by atoms with van der Waals surface area (Å²) in [5, 5.41) is 0.970. The van der Waals surface area contributed by atoms with Crippen molar-refractivity contribution in [2.75, 3.05) is 0 Å². The number of hydrogen-bond acceptors (Lipinski definition) is 0. The minimum atomic E-state index is -4.44. The molecule has 2 heterocycles. The molecule has 0 unspecified atom stereocenters. The van der Waals surface area contributed by atoms with Gasteiger partial charge in [0.05, 0.1) is 17.3 Å². The molecular formula is C22H20F3N3+2. The van der Waals surface area contributed by atoms with E-state index in [0.717, 1.165) is 22.2 Å². The van der Waals surface area contributed by atoms with E-state index in [4.69, 9.17) is 0 Å². The summed E-state index contributed by atoms with van der Waals surface area (Å²) in [5.41, 5.74) is 2.85. The molecule has 0 atom stereocenters. The van der Waals surface area contributed by atoms with Crippen LogP contribution in [0.4, 0.5) is 13.2 Å². The quantitative estimate of drug-likeness (QED) is 0.456. The number of aryl methyl sites for hydroxylation is 2. The number of hydrogen-bond donors (Lipinski definition) is 0. The van der Waals surface area contributed by atoms with Gasteiger partial charge in [-0.25, -0.2) is 0 Å². The van der Waals surface area contributed by atoms with Gasteiger partial charge in [-0.1, -0.05) is 12.1 Å². The largest absolute Gasteiger partial charge is 0.416 e. The van der Waals surface area contributed by atoms with Gasteiger partial charge in [0.1, 0.15) is 5.69 Å². The van der Waals surface area contributed by atoms with Gasteiger partial charge in [0.15, 0.2) is 18.9 Å². The molecule has 0 aliphatic heterocycles. The second-order valence-corrected chi connectivity index (χ2v) is 6.92. The fourth-order valence-corrected chi connectivity index (χ4v) is 3.62. The Kier molecular flexibility index (Phi) is 4.22. The summed E-state index contributed by atoms with van der Waals surface area (Å²) in [5.74, 6) is 0. The van der Waals surface area contributed by atoms with Crippen molar-refractivity contribution in [2.45, 2.75) is 20.0 Å². The summed E-state index contributed by atoms with van der Waals surface area (Å²) in [6, 6.07) is 15.9. The van der Waals surface area contributed by atoms with Crippen LogP contribution in [0.15, 0.2) is 67.0 Å². The molecule has 0 fully saturated rings. The lowest BCUT2D eigenvalue weighted by atomic mass is 10.0. The Morgan fingerprint density at radius 3 is 2.36 bits per heavy atom. The van der Waals surface area contributed by atoms with Crippen LogP contribution in [0.5, 0.6) is 0 Å². The molecule has 0 saturated carbocycles. The van der Waals surface area contributed by atoms with Crippen molar-refractivity contribution in [1.29, 1.82) is 0 Å². The maximum atomic E-state index is 13.7. The van der Waals surface area contributed by atoms with Gasteiger partial charge in [0, 0.05) is 36.6 Å². The van der Waals surface area contributed by atoms with Crippen molar-refractivity contribution in [3.8, 4) is 11.4 Å². The zero-order valence-electron chi connectivity index (χ0n) is 15.8. The van der Waals surface area contributed by atoms with Crippen LogP contribution in [0, 0.1) is 13.8 Å². The van der Waals surface area contributed by atoms with Crippen molar-refractivity contribution < 1.29 is 22.4 Å². The van der Waals surface area contributed by atoms with Gasteiger partial charge in [0.2, 0.25) is 11.2 Å². The van der Waals surface area contributed by atoms with Gasteiger partial charge in [0.25, 0.3) is 0 Å². The zero-order chi connectivity index (χ0) is 20.1. The molecule has 0 saturated heterocycles. The molecule has 0 bridgehead atoms. The average Bonchev–Trinajstić information content (AvgIpc) is 3.07. The lowest BCUT2D eigenvalue weighted by Gasteiger charge is -2.14. The number of alkyl halides is 3. The van der Waals surface area contributed by atoms with E-state index in [1.165, 1.54) is 12.1 Å². The lowest BCUT2D eigenvalue weighted by molar-refractivity contribution is -0.744. The minimum absolute atomic E-state index is 0.497. The third kappa shape index (κ3) is 2.95. The topological polar surface area (TPSA) is 12.7 Å². The lowest BCUT2D eigenvalue weighted by Crippen LogP contribution is -2.39. The summed E-state index contributed by atoms with van der Waals surface area (Å²) in [4.78, 5) is 0. The number of aromatic nitrogens is 3. The van der Waals surface area contributed by atoms with Crippen LogP contribution < -0.4 is 9.25 Å². The Morgan fingerprint density at radius 1 is 0.929 bits per heavy atom. The molecule has 4 rings (SSSR count). The first-order valence-corrected chi connectivity index (χ1v) is 8.93. The van der Waals surface area contributed by atoms with Crippen molar-refractivity contribution in [1.82, 2.24) is 4.68 Å². The molecule has 3 nitrogen and oxygen atoms in total. The maximum absolute atomic E-state index is 13.7. The van der Waals surface area contributed by atoms with Crippen LogP contribution in [0.1, 0.15) is 16.8 Å². The standard InChI is InChI=1S/C22H20F3N3/c1-15-9-10-17-7-4-5-8-19(17)28(15)21-14-18(22(23,24)25)13-20(16(21)2)27-12-6-11-26(27)3/h4-14H,1-3H3/q+2. The summed E-state index contributed by atoms with van der Waals surface area (Å²) in [6.45, 7) is 3.76. The molecule has 4 aromatic rings. The number of para-hydroxylation sites is 1. The summed E-state index contributed by atoms with van der Waals surface area (Å²) >= 11 is 0. The third-order valence-corrected chi connectivity index (χ3v) is 5.07. The predicted molar refractivity (Wildman–Crippen MR) is 100 cm³/mol. The molecule has 6 heteroatoms. The smallest absolute Gasteiger partial charge is 0.166 e. The predicted octanol–water partition coefficient (Wildman–Crippen LogP) is 4.37. The fraction of sp³-hybridized carbons (Fsp3) is 0.182. The second kappa shape index (κ2) is 6.48. The molecule has 0 spiro atoms. The Morgan fingerprint density at radius 2 is 1.68 bits per heavy atom. The Labute approximate surface area is 160 Å². The molecule has 0 N–H and O–H groups in total. The number of benzene rings is 2. The van der Waals surface area contributed by atoms with E-state index in [2.05, 4.69) is 0 Å². The fourth-order valence-electron chi connectivity index (χ4n) is 3.62. The summed E-state index contributed by atoms with van der Waals surface area (Å²) < 4.78 is 46.5. The highest BCUT2D eigenvalue weighted by molar-refractivity contribution is 5.76. The van der Waals surface area contributed by atoms with Crippen LogP contribution in [0.25, 0.3) is 22.3 Å². The molecule has 0 aliphatic carbocycles. The van der Waals surface area contributed by atoms with E-state index >= 15 is 0 Å². The summed E-state index contributed by atoms with van der Waals surface area (Å²) in [6.07, 6.45) is -0.884. The van der Waals surface area contributed by atoms with Gasteiger partial charge in [-0.05, 0) is 25.1 Å². The molecule has 0 amide bonds. The van der Waals surface area contributed by atoms with E-state index < -0.39 is 11.7 Å². The van der Waals surface area contributed by atoms with E-state index in [1.54, 1.807) is 34.9 Å². The summed E-state index contributed by atoms with van der Waals surface area (Å²) in [7, 11) is 1.80. The van der Waals surface area contributed by atoms with Crippen LogP contribution in [-0.2, 0) is 13.2 Å². The molecular weight excluding hydrogens is 363 g/mol. The van der Waals surface area contributed by atoms with Gasteiger partial charge in [-0.3, -0.25) is 0 Å². The SMILES string of the molecule is Cc1c(-n2ccc[n+]2C)cc(C(F)(F)F)cc1-[n+]1c(C)ccc2ccccc21. The highest BCUT2D eigenvalue weighted by Crippen LogP contribution is 2.33. The first-order chi connectivity index (χ1) is 13.3. The molecule has 0 radical (unpaired) electrons. The van der Waals surface area contributed by atoms with Crippen LogP contribution in [0.2, 0.25) is 0 Å². The van der Waals surface area contributed by atoms with Gasteiger partial charge < -0.3 is 0 Å². The third-order valence-electron chi connectivity index (χ3n) is 5.07. The normalized spacial score (nSPS) is 11.9.